The van der Waals surface area contributed by atoms with E-state index in [9.17, 15) is 0 Å². The Bertz CT molecular complexity index is 366. The number of methoxy groups -OCH3 is 1. The number of hydrogen-bond donors (Lipinski definition) is 0. The molecule has 0 atom stereocenters. The van der Waals surface area contributed by atoms with Crippen molar-refractivity contribution < 1.29 is 4.74 Å². The van der Waals surface area contributed by atoms with Crippen LogP contribution in [-0.2, 0) is 0 Å². The number of nitriles is 1. The van der Waals surface area contributed by atoms with Crippen LogP contribution in [0, 0.1) is 11.3 Å². The summed E-state index contributed by atoms with van der Waals surface area (Å²) in [7, 11) is 1.62. The number of hydrogen-bond acceptors (Lipinski definition) is 2. The molecule has 1 aromatic carbocycles. The topological polar surface area (TPSA) is 33.0 Å². The van der Waals surface area contributed by atoms with Gasteiger partial charge in [0.05, 0.1) is 17.7 Å². The largest absolute Gasteiger partial charge is 0.496 e. The molecule has 0 fully saturated rings. The Kier molecular flexibility index (Phi) is 3.53. The lowest BCUT2D eigenvalue weighted by Gasteiger charge is -2.02. The Morgan fingerprint density at radius 1 is 1.54 bits per heavy atom. The van der Waals surface area contributed by atoms with E-state index in [1.807, 2.05) is 24.3 Å². The highest BCUT2D eigenvalue weighted by molar-refractivity contribution is 9.10. The molecular formula is C10H8BrNO. The quantitative estimate of drug-likeness (QED) is 0.742. The second-order valence-corrected chi connectivity index (χ2v) is 3.21. The van der Waals surface area contributed by atoms with Gasteiger partial charge in [-0.3, -0.25) is 0 Å². The molecule has 0 saturated carbocycles. The summed E-state index contributed by atoms with van der Waals surface area (Å²) in [5, 5.41) is 8.32. The van der Waals surface area contributed by atoms with Crippen molar-refractivity contribution in [3.8, 4) is 11.8 Å². The van der Waals surface area contributed by atoms with Crippen LogP contribution in [0.1, 0.15) is 5.56 Å². The fourth-order valence-electron chi connectivity index (χ4n) is 0.920. The second kappa shape index (κ2) is 4.68. The molecule has 0 N–H and O–H groups in total. The van der Waals surface area contributed by atoms with Crippen molar-refractivity contribution in [1.82, 2.24) is 0 Å². The second-order valence-electron chi connectivity index (χ2n) is 2.36. The first-order valence-corrected chi connectivity index (χ1v) is 4.47. The molecule has 1 rings (SSSR count). The third-order valence-electron chi connectivity index (χ3n) is 1.53. The van der Waals surface area contributed by atoms with Crippen molar-refractivity contribution in [2.75, 3.05) is 7.11 Å². The Hall–Kier alpha value is -1.27. The van der Waals surface area contributed by atoms with Crippen LogP contribution in [0.3, 0.4) is 0 Å². The molecule has 1 aromatic rings. The van der Waals surface area contributed by atoms with E-state index in [2.05, 4.69) is 15.9 Å². The van der Waals surface area contributed by atoms with Crippen LogP contribution in [0.5, 0.6) is 5.75 Å². The smallest absolute Gasteiger partial charge is 0.133 e. The Morgan fingerprint density at radius 2 is 2.31 bits per heavy atom. The molecule has 3 heteroatoms. The van der Waals surface area contributed by atoms with Crippen LogP contribution >= 0.6 is 15.9 Å². The van der Waals surface area contributed by atoms with Gasteiger partial charge in [-0.05, 0) is 39.7 Å². The minimum atomic E-state index is 0.786. The molecule has 0 amide bonds. The minimum absolute atomic E-state index is 0.786. The predicted octanol–water partition coefficient (Wildman–Crippen LogP) is 2.99. The van der Waals surface area contributed by atoms with Crippen LogP contribution < -0.4 is 4.74 Å². The summed E-state index contributed by atoms with van der Waals surface area (Å²) in [5.41, 5.74) is 0.967. The monoisotopic (exact) mass is 237 g/mol. The third-order valence-corrected chi connectivity index (χ3v) is 2.15. The molecule has 0 heterocycles. The summed E-state index contributed by atoms with van der Waals surface area (Å²) in [5.74, 6) is 0.786. The van der Waals surface area contributed by atoms with E-state index in [4.69, 9.17) is 10.00 Å². The number of nitrogens with zero attached hydrogens (tertiary/aromatic N) is 1. The summed E-state index contributed by atoms with van der Waals surface area (Å²) < 4.78 is 5.95. The third kappa shape index (κ3) is 2.60. The minimum Gasteiger partial charge on any atom is -0.496 e. The molecule has 0 aromatic heterocycles. The summed E-state index contributed by atoms with van der Waals surface area (Å²) in [6.07, 6.45) is 3.18. The van der Waals surface area contributed by atoms with Gasteiger partial charge in [-0.2, -0.15) is 5.26 Å². The van der Waals surface area contributed by atoms with Gasteiger partial charge in [0, 0.05) is 6.08 Å². The van der Waals surface area contributed by atoms with Crippen molar-refractivity contribution >= 4 is 22.0 Å². The number of ether oxygens (including phenoxy) is 1. The molecule has 0 unspecified atom stereocenters. The molecule has 2 nitrogen and oxygen atoms in total. The number of benzene rings is 1. The van der Waals surface area contributed by atoms with Crippen LogP contribution in [0.25, 0.3) is 6.08 Å². The van der Waals surface area contributed by atoms with Crippen LogP contribution in [0.15, 0.2) is 28.7 Å². The molecular weight excluding hydrogens is 230 g/mol. The number of halogens is 1. The number of rotatable bonds is 2. The SMILES string of the molecule is COc1ccc(C=CC#N)cc1Br. The van der Waals surface area contributed by atoms with Gasteiger partial charge in [-0.15, -0.1) is 0 Å². The molecule has 0 aliphatic rings. The molecule has 0 radical (unpaired) electrons. The number of allylic oxidation sites excluding steroid dienone is 1. The Morgan fingerprint density at radius 3 is 2.85 bits per heavy atom. The van der Waals surface area contributed by atoms with Crippen LogP contribution in [0.4, 0.5) is 0 Å². The van der Waals surface area contributed by atoms with E-state index in [-0.39, 0.29) is 0 Å². The average Bonchev–Trinajstić information content (AvgIpc) is 2.15. The first-order chi connectivity index (χ1) is 6.27. The van der Waals surface area contributed by atoms with Gasteiger partial charge in [0.25, 0.3) is 0 Å². The Labute approximate surface area is 85.6 Å². The summed E-state index contributed by atoms with van der Waals surface area (Å²) in [6, 6.07) is 7.57. The van der Waals surface area contributed by atoms with E-state index in [1.54, 1.807) is 13.2 Å². The predicted molar refractivity (Wildman–Crippen MR) is 55.3 cm³/mol. The standard InChI is InChI=1S/C10H8BrNO/c1-13-10-5-4-8(3-2-6-12)7-9(10)11/h2-5,7H,1H3. The van der Waals surface area contributed by atoms with Crippen LogP contribution in [0.2, 0.25) is 0 Å². The van der Waals surface area contributed by atoms with E-state index in [0.717, 1.165) is 15.8 Å². The first-order valence-electron chi connectivity index (χ1n) is 3.67. The van der Waals surface area contributed by atoms with Gasteiger partial charge in [-0.25, -0.2) is 0 Å². The van der Waals surface area contributed by atoms with Gasteiger partial charge in [0.15, 0.2) is 0 Å². The van der Waals surface area contributed by atoms with Crippen LogP contribution in [-0.4, -0.2) is 7.11 Å². The lowest BCUT2D eigenvalue weighted by atomic mass is 10.2. The van der Waals surface area contributed by atoms with Crippen molar-refractivity contribution in [2.45, 2.75) is 0 Å². The van der Waals surface area contributed by atoms with E-state index in [1.165, 1.54) is 6.08 Å². The Balaban J connectivity index is 2.97. The molecule has 0 aliphatic carbocycles. The highest BCUT2D eigenvalue weighted by atomic mass is 79.9. The summed E-state index contributed by atoms with van der Waals surface area (Å²) >= 11 is 3.36. The van der Waals surface area contributed by atoms with Crippen molar-refractivity contribution in [3.63, 3.8) is 0 Å². The molecule has 0 aliphatic heterocycles. The van der Waals surface area contributed by atoms with Crippen molar-refractivity contribution in [2.24, 2.45) is 0 Å². The molecule has 66 valence electrons. The lowest BCUT2D eigenvalue weighted by molar-refractivity contribution is 0.412. The molecule has 0 saturated heterocycles. The lowest BCUT2D eigenvalue weighted by Crippen LogP contribution is -1.84. The fraction of sp³-hybridized carbons (Fsp3) is 0.100. The van der Waals surface area contributed by atoms with Gasteiger partial charge in [0.1, 0.15) is 5.75 Å². The fourth-order valence-corrected chi connectivity index (χ4v) is 1.48. The van der Waals surface area contributed by atoms with E-state index >= 15 is 0 Å². The maximum Gasteiger partial charge on any atom is 0.133 e. The van der Waals surface area contributed by atoms with Crippen molar-refractivity contribution in [1.29, 1.82) is 5.26 Å². The summed E-state index contributed by atoms with van der Waals surface area (Å²) in [6.45, 7) is 0. The maximum absolute atomic E-state index is 8.32. The van der Waals surface area contributed by atoms with Gasteiger partial charge < -0.3 is 4.74 Å². The maximum atomic E-state index is 8.32. The summed E-state index contributed by atoms with van der Waals surface area (Å²) in [4.78, 5) is 0. The van der Waals surface area contributed by atoms with Crippen molar-refractivity contribution in [3.05, 3.63) is 34.3 Å². The van der Waals surface area contributed by atoms with Gasteiger partial charge in [-0.1, -0.05) is 6.07 Å². The molecule has 0 spiro atoms. The normalized spacial score (nSPS) is 9.92. The zero-order valence-corrected chi connectivity index (χ0v) is 8.71. The van der Waals surface area contributed by atoms with Gasteiger partial charge >= 0.3 is 0 Å². The zero-order valence-electron chi connectivity index (χ0n) is 7.12. The highest BCUT2D eigenvalue weighted by Crippen LogP contribution is 2.25. The van der Waals surface area contributed by atoms with E-state index < -0.39 is 0 Å². The first kappa shape index (κ1) is 9.82. The molecule has 13 heavy (non-hydrogen) atoms. The average molecular weight is 238 g/mol. The zero-order chi connectivity index (χ0) is 9.68. The highest BCUT2D eigenvalue weighted by Gasteiger charge is 1.98. The van der Waals surface area contributed by atoms with Gasteiger partial charge in [0.2, 0.25) is 0 Å². The molecule has 0 bridgehead atoms. The van der Waals surface area contributed by atoms with E-state index in [0.29, 0.717) is 0 Å².